The highest BCUT2D eigenvalue weighted by atomic mass is 28.4. The maximum Gasteiger partial charge on any atom is 0.588 e. The first-order valence-corrected chi connectivity index (χ1v) is 10.0. The lowest BCUT2D eigenvalue weighted by Crippen LogP contribution is -2.85. The van der Waals surface area contributed by atoms with Crippen LogP contribution in [0.25, 0.3) is 0 Å². The van der Waals surface area contributed by atoms with Gasteiger partial charge in [-0.2, -0.15) is 57.1 Å². The molecule has 0 aliphatic heterocycles. The molecule has 0 unspecified atom stereocenters. The van der Waals surface area contributed by atoms with E-state index in [0.717, 1.165) is 0 Å². The van der Waals surface area contributed by atoms with Crippen LogP contribution in [0.4, 0.5) is 96.6 Å². The summed E-state index contributed by atoms with van der Waals surface area (Å²) in [5.41, 5.74) is -7.72. The van der Waals surface area contributed by atoms with Crippen LogP contribution in [0.3, 0.4) is 0 Å². The molecule has 0 aliphatic rings. The molecular weight excluding hydrogens is 690 g/mol. The monoisotopic (exact) mass is 694 g/mol. The molecule has 0 heterocycles. The van der Waals surface area contributed by atoms with E-state index >= 15 is 0 Å². The Labute approximate surface area is 206 Å². The zero-order valence-electron chi connectivity index (χ0n) is 17.3. The fourth-order valence-corrected chi connectivity index (χ4v) is 4.20. The summed E-state index contributed by atoms with van der Waals surface area (Å²) in [6, 6.07) is 0. The average molecular weight is 694 g/mol. The topological polar surface area (TPSA) is 109 Å². The fraction of sp³-hybridized carbons (Fsp3) is 1.00. The van der Waals surface area contributed by atoms with E-state index in [0.29, 0.717) is 0 Å². The Balaban J connectivity index is 7.68. The highest BCUT2D eigenvalue weighted by molar-refractivity contribution is 6.64. The molecule has 0 aromatic rings. The smallest absolute Gasteiger partial charge is 0.358 e. The van der Waals surface area contributed by atoms with Crippen LogP contribution in [0, 0.1) is 0 Å². The van der Waals surface area contributed by atoms with Crippen LogP contribution >= 0.6 is 0 Å². The Morgan fingerprint density at radius 1 is 0.341 bits per heavy atom. The summed E-state index contributed by atoms with van der Waals surface area (Å²) in [7, 11) is -9.76. The third kappa shape index (κ3) is 6.51. The minimum atomic E-state index is -9.76. The van der Waals surface area contributed by atoms with Gasteiger partial charge in [0.25, 0.3) is 11.2 Å². The molecule has 0 atom stereocenters. The van der Waals surface area contributed by atoms with Gasteiger partial charge in [0, 0.05) is 0 Å². The quantitative estimate of drug-likeness (QED) is 0.155. The largest absolute Gasteiger partial charge is 0.588 e. The van der Waals surface area contributed by atoms with Gasteiger partial charge in [-0.1, -0.05) is 0 Å². The molecule has 0 radical (unpaired) electrons. The molecular formula is C11H4F22O7Si. The van der Waals surface area contributed by atoms with Crippen molar-refractivity contribution in [1.29, 1.82) is 0 Å². The molecule has 7 nitrogen and oxygen atoms in total. The van der Waals surface area contributed by atoms with Gasteiger partial charge in [0.05, 0.1) is 0 Å². The molecule has 0 aromatic heterocycles. The Kier molecular flexibility index (Phi) is 9.58. The third-order valence-corrected chi connectivity index (χ3v) is 6.74. The average Bonchev–Trinajstić information content (AvgIpc) is 2.61. The minimum Gasteiger partial charge on any atom is -0.358 e. The van der Waals surface area contributed by atoms with Crippen molar-refractivity contribution in [2.45, 2.75) is 66.1 Å². The van der Waals surface area contributed by atoms with Gasteiger partial charge in [-0.05, 0) is 0 Å². The van der Waals surface area contributed by atoms with E-state index in [2.05, 4.69) is 0 Å². The lowest BCUT2D eigenvalue weighted by molar-refractivity contribution is -0.491. The second-order valence-corrected chi connectivity index (χ2v) is 9.34. The number of rotatable bonds is 10. The Hall–Kier alpha value is -1.60. The maximum absolute atomic E-state index is 14.1. The zero-order valence-corrected chi connectivity index (χ0v) is 18.3. The minimum absolute atomic E-state index is 1.74. The first-order chi connectivity index (χ1) is 17.1. The van der Waals surface area contributed by atoms with Gasteiger partial charge < -0.3 is 20.4 Å². The van der Waals surface area contributed by atoms with Gasteiger partial charge in [-0.3, -0.25) is 13.3 Å². The Morgan fingerprint density at radius 2 is 0.561 bits per heavy atom. The molecule has 0 amide bonds. The molecule has 0 fully saturated rings. The molecule has 30 heteroatoms. The summed E-state index contributed by atoms with van der Waals surface area (Å²) in [6.07, 6.45) is -30.3. The summed E-state index contributed by atoms with van der Waals surface area (Å²) >= 11 is 0. The first-order valence-electron chi connectivity index (χ1n) is 8.28. The Morgan fingerprint density at radius 3 is 0.780 bits per heavy atom. The van der Waals surface area contributed by atoms with Crippen LogP contribution in [0.1, 0.15) is 0 Å². The predicted octanol–water partition coefficient (Wildman–Crippen LogP) is 4.17. The SMILES string of the molecule is OC(O)(C(F)(F)C(F)(F)C(F)(F)C(F)(F)C(F)(F)C(F)(F)F)C(O)(O)[Si](OC(F)(F)F)(OC(F)(F)F)OC(F)(F)F. The third-order valence-electron chi connectivity index (χ3n) is 4.03. The van der Waals surface area contributed by atoms with Crippen LogP contribution in [0.2, 0.25) is 0 Å². The standard InChI is InChI=1S/C11H4F22O7Si/c12-1(13,3(16,17)5(20,21)7(22,23)24)2(14,15)4(18,19)6(34,35)8(36,37)41(38-9(25,26)27,39-10(28,29)30)40-11(31,32)33/h34-37H. The zero-order chi connectivity index (χ0) is 34.1. The van der Waals surface area contributed by atoms with Gasteiger partial charge in [-0.25, -0.2) is 0 Å². The van der Waals surface area contributed by atoms with Gasteiger partial charge in [-0.15, -0.1) is 39.5 Å². The van der Waals surface area contributed by atoms with E-state index < -0.39 is 74.9 Å². The van der Waals surface area contributed by atoms with Crippen LogP contribution in [-0.4, -0.2) is 95.3 Å². The molecule has 0 aliphatic carbocycles. The summed E-state index contributed by atoms with van der Waals surface area (Å²) in [5.74, 6) is -52.8. The lowest BCUT2D eigenvalue weighted by atomic mass is 9.89. The van der Waals surface area contributed by atoms with E-state index in [1.807, 2.05) is 0 Å². The number of hydrogen-bond donors (Lipinski definition) is 4. The summed E-state index contributed by atoms with van der Waals surface area (Å²) in [4.78, 5) is 0. The van der Waals surface area contributed by atoms with Crippen molar-refractivity contribution in [1.82, 2.24) is 0 Å². The van der Waals surface area contributed by atoms with Crippen LogP contribution < -0.4 is 0 Å². The summed E-state index contributed by atoms with van der Waals surface area (Å²) < 4.78 is 289. The van der Waals surface area contributed by atoms with E-state index in [-0.39, 0.29) is 0 Å². The van der Waals surface area contributed by atoms with Crippen LogP contribution in [0.5, 0.6) is 0 Å². The van der Waals surface area contributed by atoms with Crippen molar-refractivity contribution in [3.63, 3.8) is 0 Å². The summed E-state index contributed by atoms with van der Waals surface area (Å²) in [5, 5.41) is 36.2. The number of aliphatic hydroxyl groups is 4. The number of hydrogen-bond acceptors (Lipinski definition) is 7. The number of alkyl halides is 22. The van der Waals surface area contributed by atoms with Crippen LogP contribution in [-0.2, 0) is 13.3 Å². The van der Waals surface area contributed by atoms with Gasteiger partial charge >= 0.3 is 63.7 Å². The molecule has 0 saturated carbocycles. The molecule has 0 aromatic carbocycles. The van der Waals surface area contributed by atoms with Crippen molar-refractivity contribution < 1.29 is 130 Å². The lowest BCUT2D eigenvalue weighted by Gasteiger charge is -2.49. The molecule has 4 N–H and O–H groups in total. The van der Waals surface area contributed by atoms with Gasteiger partial charge in [0.1, 0.15) is 0 Å². The summed E-state index contributed by atoms with van der Waals surface area (Å²) in [6.45, 7) is 0. The van der Waals surface area contributed by atoms with E-state index in [1.165, 1.54) is 0 Å². The van der Waals surface area contributed by atoms with Crippen molar-refractivity contribution >= 4 is 8.80 Å². The first kappa shape index (κ1) is 39.4. The number of halogens is 22. The molecule has 248 valence electrons. The van der Waals surface area contributed by atoms with E-state index in [1.54, 1.807) is 13.3 Å². The van der Waals surface area contributed by atoms with Crippen LogP contribution in [0.15, 0.2) is 0 Å². The maximum atomic E-state index is 14.1. The second-order valence-electron chi connectivity index (χ2n) is 6.91. The van der Waals surface area contributed by atoms with E-state index in [4.69, 9.17) is 20.4 Å². The molecule has 0 bridgehead atoms. The van der Waals surface area contributed by atoms with E-state index in [9.17, 15) is 96.6 Å². The predicted molar refractivity (Wildman–Crippen MR) is 72.3 cm³/mol. The second kappa shape index (κ2) is 9.97. The molecule has 0 rings (SSSR count). The fourth-order valence-electron chi connectivity index (χ4n) is 2.15. The highest BCUT2D eigenvalue weighted by Crippen LogP contribution is 2.63. The highest BCUT2D eigenvalue weighted by Gasteiger charge is 2.96. The van der Waals surface area contributed by atoms with Crippen molar-refractivity contribution in [2.75, 3.05) is 0 Å². The van der Waals surface area contributed by atoms with Crippen molar-refractivity contribution in [2.24, 2.45) is 0 Å². The molecule has 0 spiro atoms. The molecule has 41 heavy (non-hydrogen) atoms. The normalized spacial score (nSPS) is 16.8. The van der Waals surface area contributed by atoms with Crippen molar-refractivity contribution in [3.05, 3.63) is 0 Å². The molecule has 0 saturated heterocycles. The van der Waals surface area contributed by atoms with Gasteiger partial charge in [0.2, 0.25) is 0 Å². The van der Waals surface area contributed by atoms with Gasteiger partial charge in [0.15, 0.2) is 0 Å². The van der Waals surface area contributed by atoms with Crippen molar-refractivity contribution in [3.8, 4) is 0 Å². The Bertz CT molecular complexity index is 889.